The number of hydrogen-bond acceptors (Lipinski definition) is 8. The van der Waals surface area contributed by atoms with Crippen molar-refractivity contribution in [3.05, 3.63) is 74.7 Å². The van der Waals surface area contributed by atoms with Crippen LogP contribution in [0.5, 0.6) is 5.75 Å². The lowest BCUT2D eigenvalue weighted by Crippen LogP contribution is -2.45. The maximum Gasteiger partial charge on any atom is 0.324 e. The van der Waals surface area contributed by atoms with E-state index in [0.717, 1.165) is 46.5 Å². The molecule has 39 heavy (non-hydrogen) atoms. The third-order valence-corrected chi connectivity index (χ3v) is 8.66. The number of ether oxygens (including phenoxy) is 2. The Labute approximate surface area is 233 Å². The summed E-state index contributed by atoms with van der Waals surface area (Å²) < 4.78 is 40.5. The molecule has 0 aliphatic carbocycles. The molecule has 0 radical (unpaired) electrons. The van der Waals surface area contributed by atoms with E-state index in [1.807, 2.05) is 49.4 Å². The van der Waals surface area contributed by atoms with Gasteiger partial charge in [0.05, 0.1) is 24.5 Å². The number of nitrogens with zero attached hydrogens (tertiary/aromatic N) is 3. The van der Waals surface area contributed by atoms with Gasteiger partial charge in [0.1, 0.15) is 11.4 Å². The van der Waals surface area contributed by atoms with E-state index in [4.69, 9.17) is 18.6 Å². The number of amides is 2. The predicted molar refractivity (Wildman–Crippen MR) is 150 cm³/mol. The fraction of sp³-hybridized carbons (Fsp3) is 0.429. The van der Waals surface area contributed by atoms with Crippen molar-refractivity contribution in [2.24, 2.45) is 0 Å². The van der Waals surface area contributed by atoms with E-state index in [0.29, 0.717) is 24.3 Å². The van der Waals surface area contributed by atoms with E-state index in [9.17, 15) is 13.2 Å². The van der Waals surface area contributed by atoms with Crippen molar-refractivity contribution in [2.75, 3.05) is 31.3 Å². The van der Waals surface area contributed by atoms with Gasteiger partial charge in [0.2, 0.25) is 6.29 Å². The molecule has 3 aromatic rings. The maximum absolute atomic E-state index is 13.2. The van der Waals surface area contributed by atoms with Gasteiger partial charge in [0.15, 0.2) is 0 Å². The zero-order valence-corrected chi connectivity index (χ0v) is 24.2. The number of carbonyl (C=O) groups excluding carboxylic acids is 1. The highest BCUT2D eigenvalue weighted by Gasteiger charge is 2.30. The van der Waals surface area contributed by atoms with Crippen molar-refractivity contribution < 1.29 is 26.9 Å². The number of likely N-dealkylation sites (tertiary alicyclic amines) is 1. The first-order valence-corrected chi connectivity index (χ1v) is 15.6. The highest BCUT2D eigenvalue weighted by molar-refractivity contribution is 7.86. The largest absolute Gasteiger partial charge is 0.382 e. The molecule has 3 heterocycles. The molecule has 2 aromatic carbocycles. The second-order valence-electron chi connectivity index (χ2n) is 10.1. The third-order valence-electron chi connectivity index (χ3n) is 7.15. The van der Waals surface area contributed by atoms with Crippen LogP contribution in [0.25, 0.3) is 0 Å². The topological polar surface area (TPSA) is 98.3 Å². The number of anilines is 1. The predicted octanol–water partition coefficient (Wildman–Crippen LogP) is 5.28. The van der Waals surface area contributed by atoms with Crippen LogP contribution < -0.4 is 9.08 Å². The van der Waals surface area contributed by atoms with Crippen molar-refractivity contribution in [2.45, 2.75) is 52.1 Å². The number of fused-ring (bicyclic) bond motifs is 1. The molecule has 2 aliphatic rings. The van der Waals surface area contributed by atoms with Crippen molar-refractivity contribution in [1.82, 2.24) is 9.88 Å². The Kier molecular flexibility index (Phi) is 7.95. The first-order chi connectivity index (χ1) is 18.6. The van der Waals surface area contributed by atoms with E-state index in [2.05, 4.69) is 6.07 Å². The lowest BCUT2D eigenvalue weighted by molar-refractivity contribution is -0.155. The molecule has 0 spiro atoms. The summed E-state index contributed by atoms with van der Waals surface area (Å²) in [6.07, 6.45) is 2.03. The number of carbonyl (C=O) groups is 1. The molecule has 9 nitrogen and oxygen atoms in total. The van der Waals surface area contributed by atoms with Crippen molar-refractivity contribution in [3.63, 3.8) is 0 Å². The molecule has 208 valence electrons. The zero-order chi connectivity index (χ0) is 27.7. The van der Waals surface area contributed by atoms with E-state index >= 15 is 0 Å². The number of piperidine rings is 1. The quantitative estimate of drug-likeness (QED) is 0.384. The summed E-state index contributed by atoms with van der Waals surface area (Å²) in [4.78, 5) is 21.7. The molecule has 0 saturated carbocycles. The maximum atomic E-state index is 13.2. The van der Waals surface area contributed by atoms with Gasteiger partial charge in [0.25, 0.3) is 0 Å². The van der Waals surface area contributed by atoms with E-state index in [-0.39, 0.29) is 30.9 Å². The van der Waals surface area contributed by atoms with E-state index in [1.165, 1.54) is 0 Å². The van der Waals surface area contributed by atoms with Crippen LogP contribution in [-0.2, 0) is 32.8 Å². The summed E-state index contributed by atoms with van der Waals surface area (Å²) in [6.45, 7) is 5.79. The fourth-order valence-corrected chi connectivity index (χ4v) is 6.48. The summed E-state index contributed by atoms with van der Waals surface area (Å²) in [5.74, 6) is 0.513. The summed E-state index contributed by atoms with van der Waals surface area (Å²) in [7, 11) is -1.83. The Morgan fingerprint density at radius 1 is 1.13 bits per heavy atom. The second kappa shape index (κ2) is 11.2. The Balaban J connectivity index is 1.20. The molecule has 0 N–H and O–H groups in total. The minimum Gasteiger partial charge on any atom is -0.382 e. The number of urea groups is 1. The molecular formula is C28H33N3O6S2. The number of benzene rings is 2. The Morgan fingerprint density at radius 3 is 2.62 bits per heavy atom. The van der Waals surface area contributed by atoms with Gasteiger partial charge in [-0.3, -0.25) is 4.90 Å². The van der Waals surface area contributed by atoms with Crippen LogP contribution in [0.2, 0.25) is 0 Å². The normalized spacial score (nSPS) is 18.4. The minimum atomic E-state index is -3.66. The molecule has 2 amide bonds. The standard InChI is InChI=1S/C28H33N3O6S2/c1-18-8-9-19(2)24(14-18)30(3)28(32)31-12-10-20(11-13-31)26-29-23(17-38-26)27-35-15-21-6-5-7-25(22(21)16-36-27)37-39(4,33)34/h5-9,14,17,20,27H,10-13,15-16H2,1-4H3. The Morgan fingerprint density at radius 2 is 1.87 bits per heavy atom. The summed E-state index contributed by atoms with van der Waals surface area (Å²) in [5, 5.41) is 2.96. The number of thiazole rings is 1. The number of rotatable bonds is 5. The average molecular weight is 572 g/mol. The highest BCUT2D eigenvalue weighted by Crippen LogP contribution is 2.36. The summed E-state index contributed by atoms with van der Waals surface area (Å²) >= 11 is 1.58. The molecule has 11 heteroatoms. The van der Waals surface area contributed by atoms with Gasteiger partial charge < -0.3 is 18.6 Å². The van der Waals surface area contributed by atoms with Gasteiger partial charge in [0, 0.05) is 42.7 Å². The average Bonchev–Trinajstić information content (AvgIpc) is 3.29. The van der Waals surface area contributed by atoms with E-state index < -0.39 is 16.4 Å². The molecule has 1 aromatic heterocycles. The number of hydrogen-bond donors (Lipinski definition) is 0. The first-order valence-electron chi connectivity index (χ1n) is 12.9. The lowest BCUT2D eigenvalue weighted by atomic mass is 9.98. The number of aromatic nitrogens is 1. The molecule has 5 rings (SSSR count). The van der Waals surface area contributed by atoms with Crippen LogP contribution in [0.15, 0.2) is 41.8 Å². The smallest absolute Gasteiger partial charge is 0.324 e. The second-order valence-corrected chi connectivity index (χ2v) is 12.6. The van der Waals surface area contributed by atoms with Gasteiger partial charge in [-0.25, -0.2) is 9.78 Å². The van der Waals surface area contributed by atoms with E-state index in [1.54, 1.807) is 28.4 Å². The number of aryl methyl sites for hydroxylation is 2. The SMILES string of the molecule is Cc1ccc(C)c(N(C)C(=O)N2CCC(c3nc(C4OCc5cccc(OS(C)(=O)=O)c5CO4)cs3)CC2)c1. The highest BCUT2D eigenvalue weighted by atomic mass is 32.2. The van der Waals surface area contributed by atoms with Crippen LogP contribution in [0, 0.1) is 13.8 Å². The van der Waals surface area contributed by atoms with Crippen LogP contribution in [0.1, 0.15) is 58.0 Å². The van der Waals surface area contributed by atoms with Crippen LogP contribution in [0.3, 0.4) is 0 Å². The lowest BCUT2D eigenvalue weighted by Gasteiger charge is -2.34. The molecule has 1 fully saturated rings. The molecule has 1 saturated heterocycles. The van der Waals surface area contributed by atoms with Gasteiger partial charge in [-0.1, -0.05) is 24.3 Å². The van der Waals surface area contributed by atoms with Crippen molar-refractivity contribution in [3.8, 4) is 5.75 Å². The monoisotopic (exact) mass is 571 g/mol. The first kappa shape index (κ1) is 27.6. The van der Waals surface area contributed by atoms with Crippen molar-refractivity contribution in [1.29, 1.82) is 0 Å². The summed E-state index contributed by atoms with van der Waals surface area (Å²) in [5.41, 5.74) is 5.31. The molecule has 1 unspecified atom stereocenters. The molecular weight excluding hydrogens is 538 g/mol. The van der Waals surface area contributed by atoms with Crippen LogP contribution in [-0.4, -0.2) is 50.7 Å². The van der Waals surface area contributed by atoms with Crippen LogP contribution in [0.4, 0.5) is 10.5 Å². The molecule has 0 bridgehead atoms. The van der Waals surface area contributed by atoms with Gasteiger partial charge >= 0.3 is 16.1 Å². The Hall–Kier alpha value is -2.99. The van der Waals surface area contributed by atoms with Gasteiger partial charge in [-0.15, -0.1) is 11.3 Å². The zero-order valence-electron chi connectivity index (χ0n) is 22.5. The summed E-state index contributed by atoms with van der Waals surface area (Å²) in [6, 6.07) is 11.4. The fourth-order valence-electron chi connectivity index (χ4n) is 5.00. The van der Waals surface area contributed by atoms with Crippen molar-refractivity contribution >= 4 is 33.2 Å². The van der Waals surface area contributed by atoms with Gasteiger partial charge in [-0.2, -0.15) is 8.42 Å². The van der Waals surface area contributed by atoms with Crippen LogP contribution >= 0.6 is 11.3 Å². The minimum absolute atomic E-state index is 0.0148. The molecule has 2 aliphatic heterocycles. The third kappa shape index (κ3) is 6.27. The molecule has 1 atom stereocenters. The van der Waals surface area contributed by atoms with Gasteiger partial charge in [-0.05, 0) is 55.5 Å². The Bertz CT molecular complexity index is 1460.